The minimum Gasteiger partial charge on any atom is -0.374 e. The maximum absolute atomic E-state index is 5.90. The Labute approximate surface area is 128 Å². The molecule has 0 aromatic heterocycles. The molecule has 1 aromatic carbocycles. The molecule has 1 aliphatic heterocycles. The predicted octanol–water partition coefficient (Wildman–Crippen LogP) is 5.53. The first-order valence-corrected chi connectivity index (χ1v) is 8.18. The lowest BCUT2D eigenvalue weighted by molar-refractivity contribution is 0.0196. The number of benzene rings is 1. The second-order valence-electron chi connectivity index (χ2n) is 4.75. The Kier molecular flexibility index (Phi) is 4.39. The molecule has 17 heavy (non-hydrogen) atoms. The molecule has 1 aromatic rings. The molecule has 1 saturated heterocycles. The summed E-state index contributed by atoms with van der Waals surface area (Å²) in [5, 5.41) is 0. The molecule has 1 nitrogen and oxygen atoms in total. The third kappa shape index (κ3) is 2.80. The van der Waals surface area contributed by atoms with Crippen molar-refractivity contribution in [2.24, 2.45) is 0 Å². The molecule has 1 fully saturated rings. The minimum absolute atomic E-state index is 0.1000. The fraction of sp³-hybridized carbons (Fsp3) is 0.538. The Balaban J connectivity index is 2.36. The summed E-state index contributed by atoms with van der Waals surface area (Å²) in [5.74, 6) is 0. The van der Waals surface area contributed by atoms with E-state index in [1.165, 1.54) is 11.1 Å². The lowest BCUT2D eigenvalue weighted by Crippen LogP contribution is -2.28. The van der Waals surface area contributed by atoms with E-state index < -0.39 is 0 Å². The largest absolute Gasteiger partial charge is 0.374 e. The highest BCUT2D eigenvalue weighted by atomic mass is 79.9. The van der Waals surface area contributed by atoms with Crippen LogP contribution in [0.1, 0.15) is 35.7 Å². The molecule has 0 radical (unpaired) electrons. The van der Waals surface area contributed by atoms with E-state index in [0.717, 1.165) is 28.4 Å². The zero-order valence-corrected chi connectivity index (χ0v) is 14.7. The summed E-state index contributed by atoms with van der Waals surface area (Å²) in [5.41, 5.74) is 2.38. The van der Waals surface area contributed by atoms with Crippen LogP contribution in [0.2, 0.25) is 0 Å². The predicted molar refractivity (Wildman–Crippen MR) is 81.8 cm³/mol. The zero-order chi connectivity index (χ0) is 12.6. The average Bonchev–Trinajstić information content (AvgIpc) is 2.71. The Morgan fingerprint density at radius 3 is 2.59 bits per heavy atom. The van der Waals surface area contributed by atoms with E-state index in [4.69, 9.17) is 4.74 Å². The molecule has 0 N–H and O–H groups in total. The normalized spacial score (nSPS) is 26.2. The summed E-state index contributed by atoms with van der Waals surface area (Å²) in [6, 6.07) is 4.32. The van der Waals surface area contributed by atoms with Crippen molar-refractivity contribution in [1.82, 2.24) is 0 Å². The van der Waals surface area contributed by atoms with Crippen molar-refractivity contribution >= 4 is 47.8 Å². The number of ether oxygens (including phenoxy) is 1. The maximum Gasteiger partial charge on any atom is 0.0820 e. The molecule has 0 bridgehead atoms. The van der Waals surface area contributed by atoms with Crippen molar-refractivity contribution in [2.45, 2.75) is 37.1 Å². The van der Waals surface area contributed by atoms with Crippen molar-refractivity contribution in [2.75, 3.05) is 6.61 Å². The van der Waals surface area contributed by atoms with E-state index in [9.17, 15) is 0 Å². The summed E-state index contributed by atoms with van der Waals surface area (Å²) < 4.78 is 8.18. The van der Waals surface area contributed by atoms with Gasteiger partial charge in [0.1, 0.15) is 0 Å². The van der Waals surface area contributed by atoms with Crippen molar-refractivity contribution in [1.29, 1.82) is 0 Å². The van der Waals surface area contributed by atoms with Gasteiger partial charge in [0.25, 0.3) is 0 Å². The molecular formula is C13H15Br3O. The lowest BCUT2D eigenvalue weighted by atomic mass is 9.93. The second-order valence-corrected chi connectivity index (χ2v) is 7.37. The minimum atomic E-state index is -0.1000. The van der Waals surface area contributed by atoms with Gasteiger partial charge in [0.15, 0.2) is 0 Å². The quantitative estimate of drug-likeness (QED) is 0.565. The number of halogens is 3. The van der Waals surface area contributed by atoms with E-state index in [2.05, 4.69) is 73.8 Å². The molecular weight excluding hydrogens is 412 g/mol. The topological polar surface area (TPSA) is 9.23 Å². The van der Waals surface area contributed by atoms with Crippen LogP contribution in [0, 0.1) is 6.92 Å². The van der Waals surface area contributed by atoms with Crippen molar-refractivity contribution in [3.05, 3.63) is 32.2 Å². The number of hydrogen-bond donors (Lipinski definition) is 0. The summed E-state index contributed by atoms with van der Waals surface area (Å²) in [7, 11) is 0. The molecule has 0 spiro atoms. The summed E-state index contributed by atoms with van der Waals surface area (Å²) in [4.78, 5) is 0.212. The van der Waals surface area contributed by atoms with Crippen LogP contribution >= 0.6 is 47.8 Å². The number of aryl methyl sites for hydroxylation is 1. The van der Waals surface area contributed by atoms with E-state index in [1.807, 2.05) is 0 Å². The lowest BCUT2D eigenvalue weighted by Gasteiger charge is -2.30. The third-order valence-corrected chi connectivity index (χ3v) is 6.34. The van der Waals surface area contributed by atoms with Gasteiger partial charge in [-0.15, -0.1) is 0 Å². The van der Waals surface area contributed by atoms with Gasteiger partial charge in [-0.2, -0.15) is 0 Å². The Morgan fingerprint density at radius 1 is 1.29 bits per heavy atom. The first-order chi connectivity index (χ1) is 7.94. The second kappa shape index (κ2) is 5.32. The van der Waals surface area contributed by atoms with Gasteiger partial charge in [0.2, 0.25) is 0 Å². The third-order valence-electron chi connectivity index (χ3n) is 3.34. The highest BCUT2D eigenvalue weighted by Gasteiger charge is 2.38. The fourth-order valence-electron chi connectivity index (χ4n) is 2.19. The molecule has 1 aliphatic rings. The zero-order valence-electron chi connectivity index (χ0n) is 9.90. The van der Waals surface area contributed by atoms with Gasteiger partial charge in [-0.3, -0.25) is 0 Å². The van der Waals surface area contributed by atoms with Crippen LogP contribution in [-0.2, 0) is 4.74 Å². The van der Waals surface area contributed by atoms with Crippen molar-refractivity contribution in [3.63, 3.8) is 0 Å². The summed E-state index contributed by atoms with van der Waals surface area (Å²) in [6.45, 7) is 5.14. The van der Waals surface area contributed by atoms with Gasteiger partial charge in [-0.05, 0) is 49.9 Å². The van der Waals surface area contributed by atoms with Crippen LogP contribution in [-0.4, -0.2) is 12.2 Å². The van der Waals surface area contributed by atoms with Gasteiger partial charge >= 0.3 is 0 Å². The van der Waals surface area contributed by atoms with E-state index >= 15 is 0 Å². The van der Waals surface area contributed by atoms with Crippen LogP contribution in [0.25, 0.3) is 0 Å². The van der Waals surface area contributed by atoms with Crippen molar-refractivity contribution in [3.8, 4) is 0 Å². The maximum atomic E-state index is 5.90. The smallest absolute Gasteiger partial charge is 0.0820 e. The molecule has 0 saturated carbocycles. The molecule has 0 amide bonds. The monoisotopic (exact) mass is 424 g/mol. The Morgan fingerprint density at radius 2 is 2.00 bits per heavy atom. The molecule has 2 rings (SSSR count). The standard InChI is InChI=1S/C13H15Br3O/c1-8-6-11(15)9(7-10(8)14)12(16)13(2)4-3-5-17-13/h6-7,12H,3-5H2,1-2H3. The van der Waals surface area contributed by atoms with E-state index in [1.54, 1.807) is 0 Å². The van der Waals surface area contributed by atoms with Crippen LogP contribution in [0.4, 0.5) is 0 Å². The highest BCUT2D eigenvalue weighted by Crippen LogP contribution is 2.46. The first kappa shape index (κ1) is 14.0. The SMILES string of the molecule is Cc1cc(Br)c(C(Br)C2(C)CCCO2)cc1Br. The molecule has 1 heterocycles. The van der Waals surface area contributed by atoms with Crippen LogP contribution < -0.4 is 0 Å². The average molecular weight is 427 g/mol. The number of alkyl halides is 1. The Hall–Kier alpha value is 0.620. The molecule has 2 unspecified atom stereocenters. The fourth-order valence-corrected chi connectivity index (χ4v) is 4.28. The highest BCUT2D eigenvalue weighted by molar-refractivity contribution is 9.11. The summed E-state index contributed by atoms with van der Waals surface area (Å²) >= 11 is 11.0. The van der Waals surface area contributed by atoms with Crippen LogP contribution in [0.5, 0.6) is 0 Å². The van der Waals surface area contributed by atoms with E-state index in [-0.39, 0.29) is 10.4 Å². The van der Waals surface area contributed by atoms with Gasteiger partial charge in [0.05, 0.1) is 10.4 Å². The number of rotatable bonds is 2. The molecule has 2 atom stereocenters. The van der Waals surface area contributed by atoms with Crippen LogP contribution in [0.3, 0.4) is 0 Å². The van der Waals surface area contributed by atoms with Gasteiger partial charge in [-0.1, -0.05) is 47.8 Å². The van der Waals surface area contributed by atoms with Gasteiger partial charge in [-0.25, -0.2) is 0 Å². The Bertz CT molecular complexity index is 425. The van der Waals surface area contributed by atoms with Gasteiger partial charge in [0, 0.05) is 15.6 Å². The van der Waals surface area contributed by atoms with E-state index in [0.29, 0.717) is 0 Å². The molecule has 4 heteroatoms. The van der Waals surface area contributed by atoms with Crippen LogP contribution in [0.15, 0.2) is 21.1 Å². The van der Waals surface area contributed by atoms with Crippen molar-refractivity contribution < 1.29 is 4.74 Å². The first-order valence-electron chi connectivity index (χ1n) is 5.67. The molecule has 94 valence electrons. The molecule has 0 aliphatic carbocycles. The number of hydrogen-bond acceptors (Lipinski definition) is 1. The summed E-state index contributed by atoms with van der Waals surface area (Å²) in [6.07, 6.45) is 2.24. The van der Waals surface area contributed by atoms with Gasteiger partial charge < -0.3 is 4.74 Å².